The van der Waals surface area contributed by atoms with E-state index in [0.29, 0.717) is 10.0 Å². The second-order valence-corrected chi connectivity index (χ2v) is 7.78. The number of benzene rings is 1. The molecule has 1 aromatic carbocycles. The first kappa shape index (κ1) is 19.4. The van der Waals surface area contributed by atoms with Gasteiger partial charge in [-0.25, -0.2) is 9.18 Å². The summed E-state index contributed by atoms with van der Waals surface area (Å²) in [5.41, 5.74) is -0.161. The van der Waals surface area contributed by atoms with Crippen LogP contribution in [0.3, 0.4) is 0 Å². The summed E-state index contributed by atoms with van der Waals surface area (Å²) in [4.78, 5) is 37.4. The molecule has 136 valence electrons. The van der Waals surface area contributed by atoms with E-state index in [9.17, 15) is 18.8 Å². The molecule has 1 aromatic rings. The van der Waals surface area contributed by atoms with Gasteiger partial charge < -0.3 is 10.1 Å². The van der Waals surface area contributed by atoms with E-state index in [1.807, 2.05) is 0 Å². The summed E-state index contributed by atoms with van der Waals surface area (Å²) in [6.07, 6.45) is -0.759. The van der Waals surface area contributed by atoms with Crippen LogP contribution in [-0.4, -0.2) is 40.9 Å². The molecular weight excluding hydrogens is 395 g/mol. The maximum atomic E-state index is 13.4. The highest BCUT2D eigenvalue weighted by atomic mass is 79.9. The molecule has 1 saturated heterocycles. The Morgan fingerprint density at radius 2 is 2.04 bits per heavy atom. The van der Waals surface area contributed by atoms with Crippen LogP contribution >= 0.6 is 15.9 Å². The Kier molecular flexibility index (Phi) is 5.82. The Hall–Kier alpha value is -1.96. The van der Waals surface area contributed by atoms with Gasteiger partial charge in [-0.3, -0.25) is 14.5 Å². The van der Waals surface area contributed by atoms with Crippen LogP contribution in [0.25, 0.3) is 0 Å². The molecule has 1 aliphatic rings. The van der Waals surface area contributed by atoms with Crippen LogP contribution in [0, 0.1) is 5.82 Å². The summed E-state index contributed by atoms with van der Waals surface area (Å²) >= 11 is 3.18. The Morgan fingerprint density at radius 1 is 1.36 bits per heavy atom. The minimum atomic E-state index is -0.917. The van der Waals surface area contributed by atoms with Crippen molar-refractivity contribution in [1.29, 1.82) is 0 Å². The zero-order chi connectivity index (χ0) is 18.8. The number of nitrogens with zero attached hydrogens (tertiary/aromatic N) is 1. The van der Waals surface area contributed by atoms with E-state index in [1.54, 1.807) is 26.8 Å². The molecule has 1 N–H and O–H groups in total. The fourth-order valence-electron chi connectivity index (χ4n) is 2.46. The lowest BCUT2D eigenvalue weighted by Crippen LogP contribution is -2.47. The van der Waals surface area contributed by atoms with Gasteiger partial charge in [0, 0.05) is 17.4 Å². The number of halogens is 2. The van der Waals surface area contributed by atoms with Crippen LogP contribution in [0.5, 0.6) is 0 Å². The van der Waals surface area contributed by atoms with Crippen LogP contribution in [0.1, 0.15) is 32.8 Å². The zero-order valence-electron chi connectivity index (χ0n) is 14.3. The van der Waals surface area contributed by atoms with E-state index in [4.69, 9.17) is 4.74 Å². The molecule has 0 spiro atoms. The van der Waals surface area contributed by atoms with Crippen molar-refractivity contribution in [2.45, 2.75) is 45.4 Å². The predicted octanol–water partition coefficient (Wildman–Crippen LogP) is 2.78. The summed E-state index contributed by atoms with van der Waals surface area (Å²) < 4.78 is 19.2. The smallest absolute Gasteiger partial charge is 0.411 e. The summed E-state index contributed by atoms with van der Waals surface area (Å²) in [6.45, 7) is 5.06. The second kappa shape index (κ2) is 7.51. The molecular formula is C17H20BrFN2O4. The SMILES string of the molecule is CC(C)(C)OC(=O)N1CC(=O)C[C@H]1C(=O)NCc1cc(F)cc(Br)c1. The highest BCUT2D eigenvalue weighted by molar-refractivity contribution is 9.10. The van der Waals surface area contributed by atoms with Crippen molar-refractivity contribution < 1.29 is 23.5 Å². The topological polar surface area (TPSA) is 75.7 Å². The van der Waals surface area contributed by atoms with Gasteiger partial charge in [0.15, 0.2) is 5.78 Å². The van der Waals surface area contributed by atoms with Gasteiger partial charge in [-0.1, -0.05) is 15.9 Å². The standard InChI is InChI=1S/C17H20BrFN2O4/c1-17(2,3)25-16(24)21-9-13(22)7-14(21)15(23)20-8-10-4-11(18)6-12(19)5-10/h4-6,14H,7-9H2,1-3H3,(H,20,23)/t14-/m0/s1. The van der Waals surface area contributed by atoms with Crippen molar-refractivity contribution in [2.24, 2.45) is 0 Å². The van der Waals surface area contributed by atoms with E-state index in [0.717, 1.165) is 4.90 Å². The van der Waals surface area contributed by atoms with Gasteiger partial charge in [-0.2, -0.15) is 0 Å². The molecule has 0 saturated carbocycles. The Labute approximate surface area is 153 Å². The van der Waals surface area contributed by atoms with Crippen molar-refractivity contribution in [1.82, 2.24) is 10.2 Å². The molecule has 0 aromatic heterocycles. The monoisotopic (exact) mass is 414 g/mol. The van der Waals surface area contributed by atoms with Crippen molar-refractivity contribution in [3.05, 3.63) is 34.1 Å². The van der Waals surface area contributed by atoms with E-state index in [2.05, 4.69) is 21.2 Å². The van der Waals surface area contributed by atoms with E-state index >= 15 is 0 Å². The fraction of sp³-hybridized carbons (Fsp3) is 0.471. The molecule has 0 aliphatic carbocycles. The maximum absolute atomic E-state index is 13.4. The van der Waals surface area contributed by atoms with E-state index < -0.39 is 29.5 Å². The summed E-state index contributed by atoms with van der Waals surface area (Å²) in [7, 11) is 0. The number of likely N-dealkylation sites (tertiary alicyclic amines) is 1. The first-order valence-electron chi connectivity index (χ1n) is 7.79. The van der Waals surface area contributed by atoms with Crippen LogP contribution in [0.4, 0.5) is 9.18 Å². The predicted molar refractivity (Wildman–Crippen MR) is 92.3 cm³/mol. The van der Waals surface area contributed by atoms with Crippen LogP contribution < -0.4 is 5.32 Å². The minimum absolute atomic E-state index is 0.0576. The fourth-order valence-corrected chi connectivity index (χ4v) is 2.97. The number of carbonyl (C=O) groups excluding carboxylic acids is 3. The first-order valence-corrected chi connectivity index (χ1v) is 8.58. The molecule has 6 nitrogen and oxygen atoms in total. The number of carbonyl (C=O) groups is 3. The lowest BCUT2D eigenvalue weighted by Gasteiger charge is -2.27. The number of hydrogen-bond donors (Lipinski definition) is 1. The van der Waals surface area contributed by atoms with Crippen LogP contribution in [0.2, 0.25) is 0 Å². The van der Waals surface area contributed by atoms with Gasteiger partial charge in [-0.15, -0.1) is 0 Å². The van der Waals surface area contributed by atoms with E-state index in [-0.39, 0.29) is 25.3 Å². The van der Waals surface area contributed by atoms with Crippen molar-refractivity contribution in [2.75, 3.05) is 6.54 Å². The molecule has 0 radical (unpaired) electrons. The van der Waals surface area contributed by atoms with Crippen molar-refractivity contribution in [3.63, 3.8) is 0 Å². The lowest BCUT2D eigenvalue weighted by atomic mass is 10.1. The third-order valence-corrected chi connectivity index (χ3v) is 3.92. The highest BCUT2D eigenvalue weighted by Gasteiger charge is 2.40. The van der Waals surface area contributed by atoms with Gasteiger partial charge in [-0.05, 0) is 44.5 Å². The normalized spacial score (nSPS) is 17.6. The molecule has 1 aliphatic heterocycles. The number of nitrogens with one attached hydrogen (secondary N) is 1. The highest BCUT2D eigenvalue weighted by Crippen LogP contribution is 2.20. The number of ketones is 1. The molecule has 1 fully saturated rings. The van der Waals surface area contributed by atoms with Crippen molar-refractivity contribution in [3.8, 4) is 0 Å². The molecule has 0 bridgehead atoms. The van der Waals surface area contributed by atoms with E-state index in [1.165, 1.54) is 12.1 Å². The largest absolute Gasteiger partial charge is 0.444 e. The summed E-state index contributed by atoms with van der Waals surface area (Å²) in [6, 6.07) is 3.37. The molecule has 8 heteroatoms. The van der Waals surface area contributed by atoms with Gasteiger partial charge in [0.25, 0.3) is 0 Å². The molecule has 25 heavy (non-hydrogen) atoms. The van der Waals surface area contributed by atoms with Crippen molar-refractivity contribution >= 4 is 33.7 Å². The average molecular weight is 415 g/mol. The van der Waals surface area contributed by atoms with Gasteiger partial charge >= 0.3 is 6.09 Å². The average Bonchev–Trinajstić information content (AvgIpc) is 2.84. The third kappa shape index (κ3) is 5.52. The molecule has 1 atom stereocenters. The molecule has 0 unspecified atom stereocenters. The third-order valence-electron chi connectivity index (χ3n) is 3.46. The minimum Gasteiger partial charge on any atom is -0.444 e. The number of amides is 2. The number of hydrogen-bond acceptors (Lipinski definition) is 4. The van der Waals surface area contributed by atoms with Gasteiger partial charge in [0.1, 0.15) is 17.5 Å². The Balaban J connectivity index is 2.03. The van der Waals surface area contributed by atoms with Gasteiger partial charge in [0.2, 0.25) is 5.91 Å². The Morgan fingerprint density at radius 3 is 2.64 bits per heavy atom. The quantitative estimate of drug-likeness (QED) is 0.824. The molecule has 2 rings (SSSR count). The maximum Gasteiger partial charge on any atom is 0.411 e. The van der Waals surface area contributed by atoms with Crippen LogP contribution in [-0.2, 0) is 20.9 Å². The summed E-state index contributed by atoms with van der Waals surface area (Å²) in [5.74, 6) is -1.11. The van der Waals surface area contributed by atoms with Crippen LogP contribution in [0.15, 0.2) is 22.7 Å². The van der Waals surface area contributed by atoms with Gasteiger partial charge in [0.05, 0.1) is 6.54 Å². The Bertz CT molecular complexity index is 682. The number of ether oxygens (including phenoxy) is 1. The lowest BCUT2D eigenvalue weighted by molar-refractivity contribution is -0.126. The molecule has 1 heterocycles. The first-order chi connectivity index (χ1) is 11.5. The number of rotatable bonds is 3. The zero-order valence-corrected chi connectivity index (χ0v) is 15.9. The number of Topliss-reactive ketones (excluding diaryl/α,β-unsaturated/α-hetero) is 1. The summed E-state index contributed by atoms with van der Waals surface area (Å²) in [5, 5.41) is 2.64. The second-order valence-electron chi connectivity index (χ2n) is 6.86. The molecule has 2 amide bonds.